The van der Waals surface area contributed by atoms with Gasteiger partial charge in [-0.15, -0.1) is 16.4 Å². The van der Waals surface area contributed by atoms with E-state index in [0.717, 1.165) is 12.8 Å². The number of nitrogens with zero attached hydrogens (tertiary/aromatic N) is 4. The van der Waals surface area contributed by atoms with Crippen LogP contribution in [0.1, 0.15) is 33.9 Å². The topological polar surface area (TPSA) is 98.2 Å². The third-order valence-electron chi connectivity index (χ3n) is 4.79. The standard InChI is InChI=1S/C19H16N6OS/c20-15-9-12(10-16-23-17(24-25(15)16)19-21-7-8-27-19)18(26)22-14-6-5-11-3-1-2-4-13(11)14/h1-4,7-10,14H,5-6,20H2,(H,22,26). The van der Waals surface area contributed by atoms with Crippen LogP contribution in [0, 0.1) is 0 Å². The summed E-state index contributed by atoms with van der Waals surface area (Å²) in [5, 5.41) is 10.1. The molecule has 0 saturated heterocycles. The summed E-state index contributed by atoms with van der Waals surface area (Å²) in [5.74, 6) is 0.698. The van der Waals surface area contributed by atoms with Crippen molar-refractivity contribution in [3.8, 4) is 10.8 Å². The fourth-order valence-corrected chi connectivity index (χ4v) is 4.08. The second-order valence-electron chi connectivity index (χ2n) is 6.48. The molecule has 3 heterocycles. The van der Waals surface area contributed by atoms with Crippen LogP contribution < -0.4 is 11.1 Å². The number of aryl methyl sites for hydroxylation is 1. The van der Waals surface area contributed by atoms with Crippen molar-refractivity contribution in [2.45, 2.75) is 18.9 Å². The van der Waals surface area contributed by atoms with Gasteiger partial charge in [-0.2, -0.15) is 4.52 Å². The SMILES string of the molecule is Nc1cc(C(=O)NC2CCc3ccccc32)cc2nc(-c3nccs3)nn12. The first-order chi connectivity index (χ1) is 13.2. The van der Waals surface area contributed by atoms with Crippen molar-refractivity contribution in [2.75, 3.05) is 5.73 Å². The zero-order valence-corrected chi connectivity index (χ0v) is 15.1. The van der Waals surface area contributed by atoms with Crippen LogP contribution >= 0.6 is 11.3 Å². The van der Waals surface area contributed by atoms with Crippen molar-refractivity contribution in [1.29, 1.82) is 0 Å². The number of hydrogen-bond acceptors (Lipinski definition) is 6. The Hall–Kier alpha value is -3.26. The quantitative estimate of drug-likeness (QED) is 0.573. The van der Waals surface area contributed by atoms with Gasteiger partial charge in [0.15, 0.2) is 10.7 Å². The lowest BCUT2D eigenvalue weighted by Crippen LogP contribution is -2.27. The molecule has 7 nitrogen and oxygen atoms in total. The third-order valence-corrected chi connectivity index (χ3v) is 5.56. The first-order valence-corrected chi connectivity index (χ1v) is 9.52. The molecule has 3 aromatic heterocycles. The number of aromatic nitrogens is 4. The van der Waals surface area contributed by atoms with Crippen molar-refractivity contribution in [3.63, 3.8) is 0 Å². The van der Waals surface area contributed by atoms with E-state index in [1.165, 1.54) is 27.0 Å². The Morgan fingerprint density at radius 1 is 1.30 bits per heavy atom. The second-order valence-corrected chi connectivity index (χ2v) is 7.37. The number of pyridine rings is 1. The van der Waals surface area contributed by atoms with E-state index in [4.69, 9.17) is 5.73 Å². The largest absolute Gasteiger partial charge is 0.384 e. The Morgan fingerprint density at radius 2 is 2.19 bits per heavy atom. The minimum absolute atomic E-state index is 0.0231. The van der Waals surface area contributed by atoms with Crippen molar-refractivity contribution >= 4 is 28.7 Å². The van der Waals surface area contributed by atoms with Crippen LogP contribution in [-0.2, 0) is 6.42 Å². The number of rotatable bonds is 3. The molecule has 4 aromatic rings. The minimum atomic E-state index is -0.162. The maximum atomic E-state index is 12.8. The van der Waals surface area contributed by atoms with E-state index in [9.17, 15) is 4.79 Å². The number of hydrogen-bond donors (Lipinski definition) is 2. The van der Waals surface area contributed by atoms with Crippen molar-refractivity contribution in [2.24, 2.45) is 0 Å². The van der Waals surface area contributed by atoms with Gasteiger partial charge in [0.25, 0.3) is 5.91 Å². The van der Waals surface area contributed by atoms with E-state index < -0.39 is 0 Å². The van der Waals surface area contributed by atoms with Gasteiger partial charge in [-0.25, -0.2) is 9.97 Å². The molecule has 0 saturated carbocycles. The van der Waals surface area contributed by atoms with Crippen LogP contribution in [0.3, 0.4) is 0 Å². The normalized spacial score (nSPS) is 15.8. The number of benzene rings is 1. The third kappa shape index (κ3) is 2.74. The van der Waals surface area contributed by atoms with Gasteiger partial charge in [0.05, 0.1) is 6.04 Å². The molecule has 0 fully saturated rings. The predicted octanol–water partition coefficient (Wildman–Crippen LogP) is 2.85. The van der Waals surface area contributed by atoms with Gasteiger partial charge in [0.1, 0.15) is 5.82 Å². The van der Waals surface area contributed by atoms with Crippen LogP contribution in [0.2, 0.25) is 0 Å². The lowest BCUT2D eigenvalue weighted by atomic mass is 10.1. The van der Waals surface area contributed by atoms with E-state index in [2.05, 4.69) is 32.5 Å². The average molecular weight is 376 g/mol. The number of thiazole rings is 1. The summed E-state index contributed by atoms with van der Waals surface area (Å²) < 4.78 is 1.53. The van der Waals surface area contributed by atoms with E-state index >= 15 is 0 Å². The number of nitrogens with one attached hydrogen (secondary N) is 1. The summed E-state index contributed by atoms with van der Waals surface area (Å²) in [4.78, 5) is 21.5. The minimum Gasteiger partial charge on any atom is -0.384 e. The molecule has 1 atom stereocenters. The summed E-state index contributed by atoms with van der Waals surface area (Å²) in [6, 6.07) is 11.6. The van der Waals surface area contributed by atoms with Gasteiger partial charge in [-0.3, -0.25) is 4.79 Å². The van der Waals surface area contributed by atoms with Gasteiger partial charge in [-0.05, 0) is 36.1 Å². The Balaban J connectivity index is 1.45. The highest BCUT2D eigenvalue weighted by Gasteiger charge is 2.24. The zero-order chi connectivity index (χ0) is 18.4. The predicted molar refractivity (Wildman–Crippen MR) is 103 cm³/mol. The Labute approximate surface area is 158 Å². The molecule has 0 spiro atoms. The van der Waals surface area contributed by atoms with E-state index in [-0.39, 0.29) is 11.9 Å². The van der Waals surface area contributed by atoms with Crippen LogP contribution in [0.25, 0.3) is 16.5 Å². The molecule has 0 aliphatic heterocycles. The number of amides is 1. The monoisotopic (exact) mass is 376 g/mol. The Morgan fingerprint density at radius 3 is 3.04 bits per heavy atom. The number of anilines is 1. The lowest BCUT2D eigenvalue weighted by Gasteiger charge is -2.14. The summed E-state index contributed by atoms with van der Waals surface area (Å²) in [6.45, 7) is 0. The molecule has 1 aliphatic rings. The molecule has 0 bridgehead atoms. The molecule has 1 unspecified atom stereocenters. The highest BCUT2D eigenvalue weighted by atomic mass is 32.1. The molecule has 134 valence electrons. The van der Waals surface area contributed by atoms with E-state index in [0.29, 0.717) is 27.9 Å². The molecule has 27 heavy (non-hydrogen) atoms. The van der Waals surface area contributed by atoms with Gasteiger partial charge in [0.2, 0.25) is 5.82 Å². The van der Waals surface area contributed by atoms with E-state index in [1.54, 1.807) is 18.3 Å². The maximum absolute atomic E-state index is 12.8. The number of nitrogens with two attached hydrogens (primary N) is 1. The molecule has 1 aliphatic carbocycles. The number of carbonyl (C=O) groups excluding carboxylic acids is 1. The highest BCUT2D eigenvalue weighted by Crippen LogP contribution is 2.31. The fourth-order valence-electron chi connectivity index (χ4n) is 3.51. The van der Waals surface area contributed by atoms with E-state index in [1.807, 2.05) is 17.5 Å². The summed E-state index contributed by atoms with van der Waals surface area (Å²) in [7, 11) is 0. The summed E-state index contributed by atoms with van der Waals surface area (Å²) in [5.41, 5.74) is 9.59. The van der Waals surface area contributed by atoms with Crippen LogP contribution in [0.5, 0.6) is 0 Å². The highest BCUT2D eigenvalue weighted by molar-refractivity contribution is 7.13. The van der Waals surface area contributed by atoms with Gasteiger partial charge in [-0.1, -0.05) is 24.3 Å². The molecular weight excluding hydrogens is 360 g/mol. The lowest BCUT2D eigenvalue weighted by molar-refractivity contribution is 0.0936. The number of nitrogen functional groups attached to an aromatic ring is 1. The average Bonchev–Trinajstić information content (AvgIpc) is 3.41. The van der Waals surface area contributed by atoms with Crippen molar-refractivity contribution in [3.05, 3.63) is 64.7 Å². The van der Waals surface area contributed by atoms with Crippen LogP contribution in [0.4, 0.5) is 5.82 Å². The smallest absolute Gasteiger partial charge is 0.252 e. The number of carbonyl (C=O) groups is 1. The molecule has 3 N–H and O–H groups in total. The van der Waals surface area contributed by atoms with Crippen LogP contribution in [0.15, 0.2) is 48.0 Å². The number of fused-ring (bicyclic) bond motifs is 2. The first-order valence-electron chi connectivity index (χ1n) is 8.64. The molecule has 1 aromatic carbocycles. The maximum Gasteiger partial charge on any atom is 0.252 e. The van der Waals surface area contributed by atoms with Gasteiger partial charge < -0.3 is 11.1 Å². The summed E-state index contributed by atoms with van der Waals surface area (Å²) >= 11 is 1.45. The Bertz CT molecular complexity index is 1150. The first kappa shape index (κ1) is 16.0. The molecule has 8 heteroatoms. The van der Waals surface area contributed by atoms with Gasteiger partial charge in [0, 0.05) is 17.1 Å². The van der Waals surface area contributed by atoms with Crippen molar-refractivity contribution in [1.82, 2.24) is 24.9 Å². The Kier molecular flexibility index (Phi) is 3.64. The molecular formula is C19H16N6OS. The molecule has 0 radical (unpaired) electrons. The zero-order valence-electron chi connectivity index (χ0n) is 14.3. The van der Waals surface area contributed by atoms with Crippen LogP contribution in [-0.4, -0.2) is 25.5 Å². The van der Waals surface area contributed by atoms with Crippen molar-refractivity contribution < 1.29 is 4.79 Å². The molecule has 1 amide bonds. The summed E-state index contributed by atoms with van der Waals surface area (Å²) in [6.07, 6.45) is 3.58. The molecule has 5 rings (SSSR count). The second kappa shape index (κ2) is 6.17. The fraction of sp³-hybridized carbons (Fsp3) is 0.158. The van der Waals surface area contributed by atoms with Gasteiger partial charge >= 0.3 is 0 Å².